The second-order valence-electron chi connectivity index (χ2n) is 10.6. The monoisotopic (exact) mass is 639 g/mol. The van der Waals surface area contributed by atoms with Gasteiger partial charge in [0.1, 0.15) is 12.6 Å². The van der Waals surface area contributed by atoms with Crippen molar-refractivity contribution in [2.24, 2.45) is 0 Å². The lowest BCUT2D eigenvalue weighted by Gasteiger charge is -2.34. The molecule has 9 heteroatoms. The minimum absolute atomic E-state index is 0.0787. The lowest BCUT2D eigenvalue weighted by atomic mass is 10.0. The van der Waals surface area contributed by atoms with E-state index in [-0.39, 0.29) is 18.5 Å². The number of hydrogen-bond donors (Lipinski definition) is 1. The summed E-state index contributed by atoms with van der Waals surface area (Å²) in [5, 5.41) is 3.19. The summed E-state index contributed by atoms with van der Waals surface area (Å²) in [5.41, 5.74) is 3.24. The van der Waals surface area contributed by atoms with Crippen LogP contribution in [0.2, 0.25) is 0 Å². The molecule has 1 aliphatic carbocycles. The molecular formula is C32H38BrN3O4S. The third-order valence-electron chi connectivity index (χ3n) is 7.55. The molecule has 3 aromatic carbocycles. The first-order chi connectivity index (χ1) is 19.6. The van der Waals surface area contributed by atoms with Crippen LogP contribution < -0.4 is 9.62 Å². The Labute approximate surface area is 252 Å². The van der Waals surface area contributed by atoms with Crippen molar-refractivity contribution < 1.29 is 18.0 Å². The van der Waals surface area contributed by atoms with Gasteiger partial charge in [-0.3, -0.25) is 13.9 Å². The molecule has 0 radical (unpaired) electrons. The van der Waals surface area contributed by atoms with Gasteiger partial charge in [0.25, 0.3) is 0 Å². The van der Waals surface area contributed by atoms with E-state index in [0.29, 0.717) is 12.1 Å². The summed E-state index contributed by atoms with van der Waals surface area (Å²) in [6.07, 6.45) is 6.19. The van der Waals surface area contributed by atoms with E-state index in [0.717, 1.165) is 63.8 Å². The molecule has 1 aliphatic rings. The normalized spacial score (nSPS) is 14.4. The van der Waals surface area contributed by atoms with Gasteiger partial charge in [0.2, 0.25) is 21.8 Å². The Kier molecular flexibility index (Phi) is 10.6. The van der Waals surface area contributed by atoms with Crippen LogP contribution in [0.25, 0.3) is 0 Å². The first-order valence-electron chi connectivity index (χ1n) is 14.1. The Hall–Kier alpha value is -3.17. The van der Waals surface area contributed by atoms with Gasteiger partial charge in [0, 0.05) is 23.5 Å². The molecule has 1 fully saturated rings. The number of benzene rings is 3. The van der Waals surface area contributed by atoms with Gasteiger partial charge in [-0.2, -0.15) is 0 Å². The van der Waals surface area contributed by atoms with E-state index in [4.69, 9.17) is 0 Å². The average Bonchev–Trinajstić information content (AvgIpc) is 3.47. The number of halogens is 1. The number of nitrogens with one attached hydrogen (secondary N) is 1. The second-order valence-corrected chi connectivity index (χ2v) is 13.5. The summed E-state index contributed by atoms with van der Waals surface area (Å²) in [7, 11) is -3.79. The van der Waals surface area contributed by atoms with Crippen molar-refractivity contribution in [2.75, 3.05) is 17.1 Å². The number of carbonyl (C=O) groups excluding carboxylic acids is 2. The molecule has 0 saturated heterocycles. The maximum Gasteiger partial charge on any atom is 0.244 e. The molecule has 3 aromatic rings. The first-order valence-corrected chi connectivity index (χ1v) is 16.7. The van der Waals surface area contributed by atoms with Crippen LogP contribution in [-0.2, 0) is 39.0 Å². The molecule has 1 N–H and O–H groups in total. The summed E-state index contributed by atoms with van der Waals surface area (Å²) >= 11 is 3.46. The van der Waals surface area contributed by atoms with Crippen LogP contribution in [-0.4, -0.2) is 50.0 Å². The van der Waals surface area contributed by atoms with E-state index in [1.807, 2.05) is 73.7 Å². The molecular weight excluding hydrogens is 602 g/mol. The third kappa shape index (κ3) is 8.66. The number of amides is 2. The zero-order chi connectivity index (χ0) is 29.4. The zero-order valence-electron chi connectivity index (χ0n) is 23.6. The highest BCUT2D eigenvalue weighted by atomic mass is 79.9. The van der Waals surface area contributed by atoms with Crippen molar-refractivity contribution in [2.45, 2.75) is 64.1 Å². The quantitative estimate of drug-likeness (QED) is 0.284. The maximum absolute atomic E-state index is 14.2. The average molecular weight is 641 g/mol. The van der Waals surface area contributed by atoms with E-state index in [1.54, 1.807) is 17.0 Å². The minimum atomic E-state index is -3.79. The highest BCUT2D eigenvalue weighted by Crippen LogP contribution is 2.23. The number of carbonyl (C=O) groups is 2. The van der Waals surface area contributed by atoms with Crippen molar-refractivity contribution in [1.29, 1.82) is 0 Å². The van der Waals surface area contributed by atoms with Gasteiger partial charge in [-0.15, -0.1) is 0 Å². The van der Waals surface area contributed by atoms with E-state index in [2.05, 4.69) is 21.2 Å². The Morgan fingerprint density at radius 2 is 1.51 bits per heavy atom. The Bertz CT molecular complexity index is 1410. The standard InChI is InChI=1S/C32H38BrN3O4S/c1-3-24-15-19-29(20-16-24)36(41(2,39)40)23-31(37)35(22-26-13-17-27(33)18-14-26)30(21-25-9-5-4-6-10-25)32(38)34-28-11-7-8-12-28/h4-6,9-10,13-20,28,30H,3,7-8,11-12,21-23H2,1-2H3,(H,34,38)/t30-/m0/s1. The third-order valence-corrected chi connectivity index (χ3v) is 9.22. The van der Waals surface area contributed by atoms with E-state index >= 15 is 0 Å². The Morgan fingerprint density at radius 3 is 2.10 bits per heavy atom. The summed E-state index contributed by atoms with van der Waals surface area (Å²) in [6.45, 7) is 1.77. The Balaban J connectivity index is 1.71. The smallest absolute Gasteiger partial charge is 0.244 e. The summed E-state index contributed by atoms with van der Waals surface area (Å²) in [6, 6.07) is 23.6. The number of aryl methyl sites for hydroxylation is 1. The number of anilines is 1. The van der Waals surface area contributed by atoms with Crippen molar-refractivity contribution in [3.05, 3.63) is 100 Å². The molecule has 0 aliphatic heterocycles. The predicted octanol–water partition coefficient (Wildman–Crippen LogP) is 5.48. The van der Waals surface area contributed by atoms with Crippen molar-refractivity contribution in [3.8, 4) is 0 Å². The van der Waals surface area contributed by atoms with Gasteiger partial charge in [-0.05, 0) is 60.2 Å². The fourth-order valence-corrected chi connectivity index (χ4v) is 6.33. The summed E-state index contributed by atoms with van der Waals surface area (Å²) in [4.78, 5) is 29.6. The number of rotatable bonds is 12. The van der Waals surface area contributed by atoms with Crippen LogP contribution >= 0.6 is 15.9 Å². The molecule has 1 saturated carbocycles. The Morgan fingerprint density at radius 1 is 0.902 bits per heavy atom. The molecule has 2 amide bonds. The van der Waals surface area contributed by atoms with Crippen LogP contribution in [0.4, 0.5) is 5.69 Å². The largest absolute Gasteiger partial charge is 0.352 e. The van der Waals surface area contributed by atoms with Crippen molar-refractivity contribution in [3.63, 3.8) is 0 Å². The number of nitrogens with zero attached hydrogens (tertiary/aromatic N) is 2. The SMILES string of the molecule is CCc1ccc(N(CC(=O)N(Cc2ccc(Br)cc2)[C@@H](Cc2ccccc2)C(=O)NC2CCCC2)S(C)(=O)=O)cc1. The zero-order valence-corrected chi connectivity index (χ0v) is 26.0. The van der Waals surface area contributed by atoms with Crippen molar-refractivity contribution in [1.82, 2.24) is 10.2 Å². The lowest BCUT2D eigenvalue weighted by Crippen LogP contribution is -2.54. The second kappa shape index (κ2) is 14.1. The molecule has 1 atom stereocenters. The van der Waals surface area contributed by atoms with E-state index < -0.39 is 28.5 Å². The van der Waals surface area contributed by atoms with Gasteiger partial charge in [-0.25, -0.2) is 8.42 Å². The summed E-state index contributed by atoms with van der Waals surface area (Å²) in [5.74, 6) is -0.662. The molecule has 0 aromatic heterocycles. The molecule has 4 rings (SSSR count). The molecule has 7 nitrogen and oxygen atoms in total. The highest BCUT2D eigenvalue weighted by molar-refractivity contribution is 9.10. The summed E-state index contributed by atoms with van der Waals surface area (Å²) < 4.78 is 27.9. The number of hydrogen-bond acceptors (Lipinski definition) is 4. The molecule has 0 spiro atoms. The molecule has 218 valence electrons. The van der Waals surface area contributed by atoms with Gasteiger partial charge in [-0.1, -0.05) is 90.3 Å². The van der Waals surface area contributed by atoms with E-state index in [9.17, 15) is 18.0 Å². The lowest BCUT2D eigenvalue weighted by molar-refractivity contribution is -0.140. The fourth-order valence-electron chi connectivity index (χ4n) is 5.22. The molecule has 0 bridgehead atoms. The molecule has 41 heavy (non-hydrogen) atoms. The number of sulfonamides is 1. The highest BCUT2D eigenvalue weighted by Gasteiger charge is 2.34. The maximum atomic E-state index is 14.2. The topological polar surface area (TPSA) is 86.8 Å². The van der Waals surface area contributed by atoms with Gasteiger partial charge in [0.05, 0.1) is 11.9 Å². The first kappa shape index (κ1) is 30.8. The van der Waals surface area contributed by atoms with Crippen LogP contribution in [0, 0.1) is 0 Å². The van der Waals surface area contributed by atoms with Crippen LogP contribution in [0.1, 0.15) is 49.3 Å². The van der Waals surface area contributed by atoms with Crippen molar-refractivity contribution >= 4 is 43.5 Å². The van der Waals surface area contributed by atoms with Crippen LogP contribution in [0.15, 0.2) is 83.3 Å². The van der Waals surface area contributed by atoms with Crippen LogP contribution in [0.3, 0.4) is 0 Å². The van der Waals surface area contributed by atoms with E-state index in [1.165, 1.54) is 0 Å². The molecule has 0 heterocycles. The van der Waals surface area contributed by atoms with Crippen LogP contribution in [0.5, 0.6) is 0 Å². The molecule has 0 unspecified atom stereocenters. The minimum Gasteiger partial charge on any atom is -0.352 e. The van der Waals surface area contributed by atoms with Gasteiger partial charge < -0.3 is 10.2 Å². The van der Waals surface area contributed by atoms with Gasteiger partial charge in [0.15, 0.2) is 0 Å². The predicted molar refractivity (Wildman–Crippen MR) is 167 cm³/mol. The fraction of sp³-hybridized carbons (Fsp3) is 0.375. The van der Waals surface area contributed by atoms with Gasteiger partial charge >= 0.3 is 0 Å².